The monoisotopic (exact) mass is 362 g/mol. The topological polar surface area (TPSA) is 110 Å². The first-order valence-electron chi connectivity index (χ1n) is 9.06. The molecule has 7 nitrogen and oxygen atoms in total. The first-order chi connectivity index (χ1) is 12.1. The standard InChI is InChI=1S/C19H22O7/c1-7-4-9(20)14(23)17(2)8(7)5-10(21)19-6-25-18(3)13(19)16(24)26-15(18)11(22)12(17)19/h4,8,11-15,22-23H,5-6H2,1-3H3/t8-,11+,12+,13-,14?,15-,17-,18-,19+/m0/s1. The largest absolute Gasteiger partial charge is 0.456 e. The molecule has 26 heavy (non-hydrogen) atoms. The van der Waals surface area contributed by atoms with Crippen LogP contribution in [0, 0.1) is 28.6 Å². The fraction of sp³-hybridized carbons (Fsp3) is 0.737. The molecule has 5 aliphatic rings. The molecule has 1 unspecified atom stereocenters. The van der Waals surface area contributed by atoms with Crippen molar-refractivity contribution >= 4 is 17.5 Å². The van der Waals surface area contributed by atoms with E-state index >= 15 is 0 Å². The number of ketones is 2. The summed E-state index contributed by atoms with van der Waals surface area (Å²) in [5, 5.41) is 22.1. The van der Waals surface area contributed by atoms with Gasteiger partial charge in [-0.15, -0.1) is 0 Å². The van der Waals surface area contributed by atoms with Gasteiger partial charge in [-0.2, -0.15) is 0 Å². The van der Waals surface area contributed by atoms with Crippen LogP contribution < -0.4 is 0 Å². The number of Topliss-reactive ketones (excluding diaryl/α,β-unsaturated/α-hetero) is 1. The number of allylic oxidation sites excluding steroid dienone is 1. The average molecular weight is 362 g/mol. The molecule has 2 heterocycles. The number of ether oxygens (including phenoxy) is 2. The normalized spacial score (nSPS) is 57.4. The van der Waals surface area contributed by atoms with E-state index in [4.69, 9.17) is 9.47 Å². The van der Waals surface area contributed by atoms with Crippen LogP contribution in [0.3, 0.4) is 0 Å². The highest BCUT2D eigenvalue weighted by Crippen LogP contribution is 2.70. The molecule has 2 N–H and O–H groups in total. The zero-order valence-electron chi connectivity index (χ0n) is 14.9. The maximum Gasteiger partial charge on any atom is 0.313 e. The van der Waals surface area contributed by atoms with Gasteiger partial charge in [0.2, 0.25) is 0 Å². The first-order valence-corrected chi connectivity index (χ1v) is 9.06. The summed E-state index contributed by atoms with van der Waals surface area (Å²) in [7, 11) is 0. The van der Waals surface area contributed by atoms with Gasteiger partial charge in [-0.3, -0.25) is 14.4 Å². The Hall–Kier alpha value is -1.57. The van der Waals surface area contributed by atoms with Crippen molar-refractivity contribution in [2.75, 3.05) is 6.61 Å². The minimum Gasteiger partial charge on any atom is -0.456 e. The number of esters is 1. The Labute approximate surface area is 150 Å². The molecule has 9 atom stereocenters. The summed E-state index contributed by atoms with van der Waals surface area (Å²) in [5.74, 6) is -3.08. The van der Waals surface area contributed by atoms with Gasteiger partial charge < -0.3 is 19.7 Å². The molecule has 1 spiro atoms. The highest BCUT2D eigenvalue weighted by molar-refractivity contribution is 5.99. The van der Waals surface area contributed by atoms with Gasteiger partial charge in [0.15, 0.2) is 11.9 Å². The maximum atomic E-state index is 13.4. The summed E-state index contributed by atoms with van der Waals surface area (Å²) in [4.78, 5) is 38.4. The van der Waals surface area contributed by atoms with Gasteiger partial charge in [0, 0.05) is 17.8 Å². The van der Waals surface area contributed by atoms with E-state index in [1.165, 1.54) is 6.08 Å². The van der Waals surface area contributed by atoms with Crippen LogP contribution in [0.1, 0.15) is 27.2 Å². The van der Waals surface area contributed by atoms with Crippen molar-refractivity contribution in [1.29, 1.82) is 0 Å². The first kappa shape index (κ1) is 16.6. The summed E-state index contributed by atoms with van der Waals surface area (Å²) < 4.78 is 11.4. The zero-order chi connectivity index (χ0) is 18.8. The molecule has 2 aliphatic heterocycles. The summed E-state index contributed by atoms with van der Waals surface area (Å²) in [5.41, 5.74) is -2.66. The van der Waals surface area contributed by atoms with Crippen molar-refractivity contribution in [1.82, 2.24) is 0 Å². The van der Waals surface area contributed by atoms with Gasteiger partial charge in [0.1, 0.15) is 23.4 Å². The molecule has 5 rings (SSSR count). The smallest absolute Gasteiger partial charge is 0.313 e. The van der Waals surface area contributed by atoms with Crippen LogP contribution in [-0.2, 0) is 23.9 Å². The predicted octanol–water partition coefficient (Wildman–Crippen LogP) is -0.221. The number of fused-ring (bicyclic) bond motifs is 2. The third-order valence-electron chi connectivity index (χ3n) is 8.07. The Balaban J connectivity index is 1.78. The zero-order valence-corrected chi connectivity index (χ0v) is 14.9. The lowest BCUT2D eigenvalue weighted by atomic mass is 9.40. The number of carbonyl (C=O) groups is 3. The van der Waals surface area contributed by atoms with E-state index < -0.39 is 58.3 Å². The molecule has 4 fully saturated rings. The summed E-state index contributed by atoms with van der Waals surface area (Å²) in [6.45, 7) is 5.24. The van der Waals surface area contributed by atoms with Crippen LogP contribution in [0.5, 0.6) is 0 Å². The van der Waals surface area contributed by atoms with Crippen molar-refractivity contribution in [3.8, 4) is 0 Å². The number of hydrogen-bond donors (Lipinski definition) is 2. The van der Waals surface area contributed by atoms with Gasteiger partial charge in [-0.25, -0.2) is 0 Å². The van der Waals surface area contributed by atoms with E-state index in [1.807, 2.05) is 0 Å². The maximum absolute atomic E-state index is 13.4. The van der Waals surface area contributed by atoms with Crippen molar-refractivity contribution in [3.63, 3.8) is 0 Å². The molecule has 140 valence electrons. The quantitative estimate of drug-likeness (QED) is 0.573. The SMILES string of the molecule is CC1=CC(=O)C(O)[C@@]2(C)[C@H]1CC(=O)[C@@]13CO[C@]4(C)[C@@H](OC(=O)[C@@H]41)[C@H](O)[C@@H]32. The number of rotatable bonds is 0. The van der Waals surface area contributed by atoms with Gasteiger partial charge in [-0.05, 0) is 25.8 Å². The molecule has 2 saturated heterocycles. The van der Waals surface area contributed by atoms with Crippen molar-refractivity contribution in [2.24, 2.45) is 28.6 Å². The molecular weight excluding hydrogens is 340 g/mol. The van der Waals surface area contributed by atoms with Crippen molar-refractivity contribution in [3.05, 3.63) is 11.6 Å². The lowest BCUT2D eigenvalue weighted by Crippen LogP contribution is -2.72. The highest BCUT2D eigenvalue weighted by atomic mass is 16.6. The van der Waals surface area contributed by atoms with E-state index in [0.717, 1.165) is 5.57 Å². The third kappa shape index (κ3) is 1.41. The van der Waals surface area contributed by atoms with Crippen LogP contribution in [-0.4, -0.2) is 58.3 Å². The highest BCUT2D eigenvalue weighted by Gasteiger charge is 2.83. The molecular formula is C19H22O7. The summed E-state index contributed by atoms with van der Waals surface area (Å²) in [6, 6.07) is 0. The molecule has 0 aromatic heterocycles. The van der Waals surface area contributed by atoms with Gasteiger partial charge in [-0.1, -0.05) is 12.5 Å². The van der Waals surface area contributed by atoms with E-state index in [2.05, 4.69) is 0 Å². The van der Waals surface area contributed by atoms with E-state index in [-0.39, 0.29) is 24.7 Å². The van der Waals surface area contributed by atoms with Gasteiger partial charge >= 0.3 is 5.97 Å². The fourth-order valence-corrected chi connectivity index (χ4v) is 6.98. The van der Waals surface area contributed by atoms with Crippen LogP contribution in [0.25, 0.3) is 0 Å². The van der Waals surface area contributed by atoms with E-state index in [1.54, 1.807) is 20.8 Å². The lowest BCUT2D eigenvalue weighted by Gasteiger charge is -2.61. The lowest BCUT2D eigenvalue weighted by molar-refractivity contribution is -0.204. The second-order valence-corrected chi connectivity index (χ2v) is 9.01. The number of carbonyl (C=O) groups excluding carboxylic acids is 3. The minimum atomic E-state index is -1.35. The van der Waals surface area contributed by atoms with E-state index in [9.17, 15) is 24.6 Å². The van der Waals surface area contributed by atoms with Crippen LogP contribution in [0.15, 0.2) is 11.6 Å². The van der Waals surface area contributed by atoms with Crippen LogP contribution >= 0.6 is 0 Å². The molecule has 0 aromatic rings. The van der Waals surface area contributed by atoms with Crippen molar-refractivity contribution in [2.45, 2.75) is 51.1 Å². The molecule has 7 heteroatoms. The Morgan fingerprint density at radius 2 is 1.88 bits per heavy atom. The Morgan fingerprint density at radius 3 is 2.58 bits per heavy atom. The molecule has 0 amide bonds. The van der Waals surface area contributed by atoms with E-state index in [0.29, 0.717) is 0 Å². The number of aliphatic hydroxyl groups excluding tert-OH is 2. The second kappa shape index (κ2) is 4.46. The van der Waals surface area contributed by atoms with Gasteiger partial charge in [0.05, 0.1) is 18.1 Å². The molecule has 4 bridgehead atoms. The minimum absolute atomic E-state index is 0.00626. The summed E-state index contributed by atoms with van der Waals surface area (Å²) in [6.07, 6.45) is -1.93. The molecule has 3 aliphatic carbocycles. The van der Waals surface area contributed by atoms with Crippen molar-refractivity contribution < 1.29 is 34.1 Å². The average Bonchev–Trinajstić information content (AvgIpc) is 2.94. The second-order valence-electron chi connectivity index (χ2n) is 9.01. The number of hydrogen-bond acceptors (Lipinski definition) is 7. The summed E-state index contributed by atoms with van der Waals surface area (Å²) >= 11 is 0. The predicted molar refractivity (Wildman–Crippen MR) is 85.6 cm³/mol. The Kier molecular flexibility index (Phi) is 2.84. The molecule has 0 aromatic carbocycles. The fourth-order valence-electron chi connectivity index (χ4n) is 6.98. The van der Waals surface area contributed by atoms with Crippen LogP contribution in [0.4, 0.5) is 0 Å². The number of aliphatic hydroxyl groups is 2. The third-order valence-corrected chi connectivity index (χ3v) is 8.07. The molecule has 2 saturated carbocycles. The Morgan fingerprint density at radius 1 is 1.19 bits per heavy atom. The Bertz CT molecular complexity index is 802. The van der Waals surface area contributed by atoms with Gasteiger partial charge in [0.25, 0.3) is 0 Å². The van der Waals surface area contributed by atoms with Crippen LogP contribution in [0.2, 0.25) is 0 Å². The molecule has 0 radical (unpaired) electrons.